The fraction of sp³-hybridized carbons (Fsp3) is 0.520. The fourth-order valence-electron chi connectivity index (χ4n) is 5.87. The molecule has 2 aliphatic rings. The Kier molecular flexibility index (Phi) is 5.16. The molecule has 2 fully saturated rings. The average Bonchev–Trinajstić information content (AvgIpc) is 2.70. The summed E-state index contributed by atoms with van der Waals surface area (Å²) in [6.45, 7) is 0. The molecule has 2 heteroatoms. The fourth-order valence-corrected chi connectivity index (χ4v) is 5.87. The molecule has 0 amide bonds. The van der Waals surface area contributed by atoms with E-state index < -0.39 is 0 Å². The van der Waals surface area contributed by atoms with E-state index in [-0.39, 0.29) is 10.8 Å². The highest BCUT2D eigenvalue weighted by Gasteiger charge is 2.44. The summed E-state index contributed by atoms with van der Waals surface area (Å²) in [5.41, 5.74) is 3.23. The molecule has 0 heterocycles. The third-order valence-electron chi connectivity index (χ3n) is 7.26. The Balaban J connectivity index is 1.74. The Labute approximate surface area is 163 Å². The Hall–Kier alpha value is -1.96. The Morgan fingerprint density at radius 3 is 1.19 bits per heavy atom. The normalized spacial score (nSPS) is 21.6. The van der Waals surface area contributed by atoms with Gasteiger partial charge in [0, 0.05) is 0 Å². The summed E-state index contributed by atoms with van der Waals surface area (Å²) in [6.07, 6.45) is 14.1. The maximum Gasteiger partial charge on any atom is 0.115 e. The van der Waals surface area contributed by atoms with E-state index in [0.29, 0.717) is 11.5 Å². The van der Waals surface area contributed by atoms with Crippen LogP contribution in [0.15, 0.2) is 48.5 Å². The minimum Gasteiger partial charge on any atom is -0.508 e. The van der Waals surface area contributed by atoms with Gasteiger partial charge in [0.15, 0.2) is 0 Å². The van der Waals surface area contributed by atoms with Crippen molar-refractivity contribution in [2.45, 2.75) is 81.5 Å². The van der Waals surface area contributed by atoms with Crippen molar-refractivity contribution in [3.05, 3.63) is 59.7 Å². The third-order valence-corrected chi connectivity index (χ3v) is 7.26. The molecule has 2 aromatic carbocycles. The molecule has 0 spiro atoms. The van der Waals surface area contributed by atoms with Gasteiger partial charge in [0.25, 0.3) is 0 Å². The van der Waals surface area contributed by atoms with E-state index in [2.05, 4.69) is 24.3 Å². The number of benzene rings is 2. The summed E-state index contributed by atoms with van der Waals surface area (Å²) in [6, 6.07) is 16.1. The molecule has 0 aliphatic heterocycles. The average molecular weight is 365 g/mol. The van der Waals surface area contributed by atoms with Crippen LogP contribution in [0, 0.1) is 0 Å². The standard InChI is InChI=1S/C25H32O2/c26-22-11-7-20(8-12-22)24(15-3-1-4-16-24)19-25(17-5-2-6-18-25)21-9-13-23(27)14-10-21/h7-14,26-27H,1-6,15-19H2. The number of hydrogen-bond acceptors (Lipinski definition) is 2. The molecule has 0 bridgehead atoms. The van der Waals surface area contributed by atoms with Crippen LogP contribution in [-0.4, -0.2) is 10.2 Å². The second-order valence-corrected chi connectivity index (χ2v) is 8.95. The van der Waals surface area contributed by atoms with Crippen molar-refractivity contribution < 1.29 is 10.2 Å². The Bertz CT molecular complexity index is 667. The quantitative estimate of drug-likeness (QED) is 0.642. The minimum atomic E-state index is 0.210. The zero-order valence-electron chi connectivity index (χ0n) is 16.3. The van der Waals surface area contributed by atoms with E-state index in [1.165, 1.54) is 81.8 Å². The summed E-state index contributed by atoms with van der Waals surface area (Å²) in [5.74, 6) is 0.714. The lowest BCUT2D eigenvalue weighted by molar-refractivity contribution is 0.169. The number of hydrogen-bond donors (Lipinski definition) is 2. The molecule has 2 aromatic rings. The van der Waals surface area contributed by atoms with E-state index in [1.807, 2.05) is 24.3 Å². The summed E-state index contributed by atoms with van der Waals surface area (Å²) >= 11 is 0. The van der Waals surface area contributed by atoms with E-state index in [4.69, 9.17) is 0 Å². The maximum absolute atomic E-state index is 9.79. The summed E-state index contributed by atoms with van der Waals surface area (Å²) < 4.78 is 0. The summed E-state index contributed by atoms with van der Waals surface area (Å²) in [4.78, 5) is 0. The van der Waals surface area contributed by atoms with Crippen LogP contribution < -0.4 is 0 Å². The largest absolute Gasteiger partial charge is 0.508 e. The van der Waals surface area contributed by atoms with Crippen molar-refractivity contribution in [3.63, 3.8) is 0 Å². The lowest BCUT2D eigenvalue weighted by Crippen LogP contribution is -2.40. The van der Waals surface area contributed by atoms with Gasteiger partial charge in [0.05, 0.1) is 0 Å². The molecule has 0 atom stereocenters. The van der Waals surface area contributed by atoms with Gasteiger partial charge in [0.2, 0.25) is 0 Å². The van der Waals surface area contributed by atoms with Gasteiger partial charge in [-0.2, -0.15) is 0 Å². The molecule has 27 heavy (non-hydrogen) atoms. The molecule has 0 saturated heterocycles. The Morgan fingerprint density at radius 1 is 0.519 bits per heavy atom. The lowest BCUT2D eigenvalue weighted by atomic mass is 9.56. The predicted octanol–water partition coefficient (Wildman–Crippen LogP) is 6.59. The number of phenolic OH excluding ortho intramolecular Hbond substituents is 2. The lowest BCUT2D eigenvalue weighted by Gasteiger charge is -2.48. The van der Waals surface area contributed by atoms with Gasteiger partial charge in [-0.3, -0.25) is 0 Å². The zero-order valence-corrected chi connectivity index (χ0v) is 16.3. The van der Waals surface area contributed by atoms with Crippen molar-refractivity contribution in [2.24, 2.45) is 0 Å². The van der Waals surface area contributed by atoms with Gasteiger partial charge in [-0.05, 0) is 78.3 Å². The molecule has 2 nitrogen and oxygen atoms in total. The van der Waals surface area contributed by atoms with Crippen LogP contribution >= 0.6 is 0 Å². The molecule has 0 radical (unpaired) electrons. The van der Waals surface area contributed by atoms with Crippen LogP contribution in [0.1, 0.15) is 81.8 Å². The summed E-state index contributed by atoms with van der Waals surface area (Å²) in [5, 5.41) is 19.6. The van der Waals surface area contributed by atoms with Crippen molar-refractivity contribution in [1.82, 2.24) is 0 Å². The van der Waals surface area contributed by atoms with Crippen LogP contribution in [0.5, 0.6) is 11.5 Å². The van der Waals surface area contributed by atoms with Crippen molar-refractivity contribution in [2.75, 3.05) is 0 Å². The Morgan fingerprint density at radius 2 is 0.852 bits per heavy atom. The highest BCUT2D eigenvalue weighted by atomic mass is 16.3. The van der Waals surface area contributed by atoms with Crippen molar-refractivity contribution in [1.29, 1.82) is 0 Å². The summed E-state index contributed by atoms with van der Waals surface area (Å²) in [7, 11) is 0. The van der Waals surface area contributed by atoms with Gasteiger partial charge >= 0.3 is 0 Å². The molecule has 4 rings (SSSR count). The molecule has 2 aliphatic carbocycles. The molecule has 2 saturated carbocycles. The van der Waals surface area contributed by atoms with Crippen LogP contribution in [0.25, 0.3) is 0 Å². The number of phenols is 2. The molecular weight excluding hydrogens is 332 g/mol. The number of rotatable bonds is 4. The SMILES string of the molecule is Oc1ccc(C2(CC3(c4ccc(O)cc4)CCCCC3)CCCCC2)cc1. The highest BCUT2D eigenvalue weighted by Crippen LogP contribution is 2.53. The number of aromatic hydroxyl groups is 2. The molecular formula is C25H32O2. The monoisotopic (exact) mass is 364 g/mol. The zero-order chi connectivity index (χ0) is 18.7. The molecule has 0 aromatic heterocycles. The van der Waals surface area contributed by atoms with Crippen molar-refractivity contribution in [3.8, 4) is 11.5 Å². The first-order valence-electron chi connectivity index (χ1n) is 10.7. The van der Waals surface area contributed by atoms with Gasteiger partial charge in [-0.15, -0.1) is 0 Å². The van der Waals surface area contributed by atoms with Gasteiger partial charge in [0.1, 0.15) is 11.5 Å². The van der Waals surface area contributed by atoms with E-state index in [9.17, 15) is 10.2 Å². The molecule has 0 unspecified atom stereocenters. The van der Waals surface area contributed by atoms with Crippen LogP contribution in [0.4, 0.5) is 0 Å². The van der Waals surface area contributed by atoms with Gasteiger partial charge in [-0.1, -0.05) is 62.8 Å². The van der Waals surface area contributed by atoms with Crippen LogP contribution in [-0.2, 0) is 10.8 Å². The second-order valence-electron chi connectivity index (χ2n) is 8.95. The highest BCUT2D eigenvalue weighted by molar-refractivity contribution is 5.37. The van der Waals surface area contributed by atoms with Gasteiger partial charge < -0.3 is 10.2 Å². The van der Waals surface area contributed by atoms with E-state index in [0.717, 1.165) is 0 Å². The van der Waals surface area contributed by atoms with E-state index >= 15 is 0 Å². The van der Waals surface area contributed by atoms with Crippen LogP contribution in [0.3, 0.4) is 0 Å². The molecule has 144 valence electrons. The van der Waals surface area contributed by atoms with Crippen LogP contribution in [0.2, 0.25) is 0 Å². The first-order chi connectivity index (χ1) is 13.1. The minimum absolute atomic E-state index is 0.210. The second kappa shape index (κ2) is 7.58. The molecule has 2 N–H and O–H groups in total. The third kappa shape index (κ3) is 3.72. The first-order valence-corrected chi connectivity index (χ1v) is 10.7. The smallest absolute Gasteiger partial charge is 0.115 e. The first kappa shape index (κ1) is 18.4. The van der Waals surface area contributed by atoms with E-state index in [1.54, 1.807) is 0 Å². The topological polar surface area (TPSA) is 40.5 Å². The van der Waals surface area contributed by atoms with Crippen molar-refractivity contribution >= 4 is 0 Å². The predicted molar refractivity (Wildman–Crippen MR) is 110 cm³/mol. The maximum atomic E-state index is 9.79. The van der Waals surface area contributed by atoms with Gasteiger partial charge in [-0.25, -0.2) is 0 Å².